The molecular formula is C23H22N4O2. The zero-order chi connectivity index (χ0) is 20.2. The third-order valence-corrected chi connectivity index (χ3v) is 4.72. The molecule has 6 heteroatoms. The Bertz CT molecular complexity index is 1150. The van der Waals surface area contributed by atoms with Crippen LogP contribution in [0.3, 0.4) is 0 Å². The van der Waals surface area contributed by atoms with E-state index in [1.807, 2.05) is 74.5 Å². The molecule has 0 radical (unpaired) electrons. The van der Waals surface area contributed by atoms with E-state index in [9.17, 15) is 4.79 Å². The highest BCUT2D eigenvalue weighted by Crippen LogP contribution is 2.16. The Balaban J connectivity index is 1.47. The Morgan fingerprint density at radius 3 is 2.55 bits per heavy atom. The number of hydrogen-bond acceptors (Lipinski definition) is 4. The van der Waals surface area contributed by atoms with Crippen LogP contribution in [0.4, 0.5) is 0 Å². The van der Waals surface area contributed by atoms with Crippen molar-refractivity contribution in [3.8, 4) is 5.75 Å². The Morgan fingerprint density at radius 2 is 1.76 bits per heavy atom. The normalized spacial score (nSPS) is 10.8. The summed E-state index contributed by atoms with van der Waals surface area (Å²) >= 11 is 0. The van der Waals surface area contributed by atoms with E-state index in [2.05, 4.69) is 15.4 Å². The molecule has 4 aromatic rings. The fraction of sp³-hybridized carbons (Fsp3) is 0.174. The number of carbonyl (C=O) groups excluding carboxylic acids is 1. The van der Waals surface area contributed by atoms with E-state index < -0.39 is 0 Å². The summed E-state index contributed by atoms with van der Waals surface area (Å²) in [7, 11) is 0. The summed E-state index contributed by atoms with van der Waals surface area (Å²) in [5.74, 6) is 0.616. The molecule has 146 valence electrons. The van der Waals surface area contributed by atoms with Gasteiger partial charge in [-0.2, -0.15) is 5.10 Å². The molecule has 0 spiro atoms. The molecule has 2 aromatic carbocycles. The van der Waals surface area contributed by atoms with E-state index in [4.69, 9.17) is 4.74 Å². The van der Waals surface area contributed by atoms with E-state index in [0.717, 1.165) is 28.3 Å². The van der Waals surface area contributed by atoms with Crippen LogP contribution in [0, 0.1) is 13.8 Å². The first-order chi connectivity index (χ1) is 14.1. The number of carbonyl (C=O) groups is 1. The van der Waals surface area contributed by atoms with Crippen LogP contribution in [0.1, 0.15) is 32.9 Å². The molecule has 6 nitrogen and oxygen atoms in total. The van der Waals surface area contributed by atoms with Crippen molar-refractivity contribution in [1.29, 1.82) is 0 Å². The summed E-state index contributed by atoms with van der Waals surface area (Å²) < 4.78 is 7.54. The summed E-state index contributed by atoms with van der Waals surface area (Å²) in [6, 6.07) is 19.5. The van der Waals surface area contributed by atoms with E-state index in [0.29, 0.717) is 24.4 Å². The number of ether oxygens (including phenoxy) is 1. The molecule has 1 N–H and O–H groups in total. The monoisotopic (exact) mass is 386 g/mol. The van der Waals surface area contributed by atoms with Crippen molar-refractivity contribution in [2.45, 2.75) is 27.0 Å². The van der Waals surface area contributed by atoms with Gasteiger partial charge < -0.3 is 10.1 Å². The van der Waals surface area contributed by atoms with Gasteiger partial charge in [-0.25, -0.2) is 9.50 Å². The Morgan fingerprint density at radius 1 is 1.03 bits per heavy atom. The van der Waals surface area contributed by atoms with Gasteiger partial charge in [0.05, 0.1) is 6.20 Å². The van der Waals surface area contributed by atoms with Crippen molar-refractivity contribution >= 4 is 11.6 Å². The molecule has 0 fully saturated rings. The zero-order valence-corrected chi connectivity index (χ0v) is 16.4. The van der Waals surface area contributed by atoms with Gasteiger partial charge in [0.2, 0.25) is 0 Å². The lowest BCUT2D eigenvalue weighted by Gasteiger charge is -2.12. The molecule has 1 amide bonds. The molecule has 2 aromatic heterocycles. The van der Waals surface area contributed by atoms with E-state index >= 15 is 0 Å². The maximum absolute atomic E-state index is 12.8. The van der Waals surface area contributed by atoms with Crippen LogP contribution in [0.2, 0.25) is 0 Å². The van der Waals surface area contributed by atoms with Crippen LogP contribution in [-0.2, 0) is 13.2 Å². The number of para-hydroxylation sites is 1. The first-order valence-corrected chi connectivity index (χ1v) is 9.46. The molecule has 0 aliphatic rings. The number of rotatable bonds is 6. The lowest BCUT2D eigenvalue weighted by atomic mass is 10.1. The SMILES string of the molecule is Cc1cc(C)n2ncc(C(=O)NCc3ccccc3COc3ccccc3)c2n1. The minimum absolute atomic E-state index is 0.198. The molecule has 0 aliphatic heterocycles. The summed E-state index contributed by atoms with van der Waals surface area (Å²) in [5, 5.41) is 7.27. The summed E-state index contributed by atoms with van der Waals surface area (Å²) in [4.78, 5) is 17.2. The van der Waals surface area contributed by atoms with Crippen molar-refractivity contribution in [3.05, 3.63) is 94.9 Å². The van der Waals surface area contributed by atoms with Gasteiger partial charge in [-0.05, 0) is 43.2 Å². The molecule has 0 saturated carbocycles. The fourth-order valence-corrected chi connectivity index (χ4v) is 3.25. The summed E-state index contributed by atoms with van der Waals surface area (Å²) in [6.45, 7) is 4.69. The highest BCUT2D eigenvalue weighted by atomic mass is 16.5. The maximum atomic E-state index is 12.8. The van der Waals surface area contributed by atoms with Gasteiger partial charge in [0, 0.05) is 17.9 Å². The predicted octanol–water partition coefficient (Wildman–Crippen LogP) is 3.86. The fourth-order valence-electron chi connectivity index (χ4n) is 3.25. The van der Waals surface area contributed by atoms with Gasteiger partial charge in [-0.15, -0.1) is 0 Å². The van der Waals surface area contributed by atoms with E-state index in [1.54, 1.807) is 10.7 Å². The second kappa shape index (κ2) is 8.14. The van der Waals surface area contributed by atoms with Gasteiger partial charge in [-0.3, -0.25) is 4.79 Å². The van der Waals surface area contributed by atoms with Crippen molar-refractivity contribution in [1.82, 2.24) is 19.9 Å². The number of aromatic nitrogens is 3. The number of fused-ring (bicyclic) bond motifs is 1. The lowest BCUT2D eigenvalue weighted by molar-refractivity contribution is 0.0952. The number of nitrogens with one attached hydrogen (secondary N) is 1. The minimum Gasteiger partial charge on any atom is -0.489 e. The number of amides is 1. The quantitative estimate of drug-likeness (QED) is 0.546. The molecule has 0 saturated heterocycles. The standard InChI is InChI=1S/C23H22N4O2/c1-16-12-17(2)27-22(26-16)21(14-25-27)23(28)24-13-18-8-6-7-9-19(18)15-29-20-10-4-3-5-11-20/h3-12,14H,13,15H2,1-2H3,(H,24,28). The van der Waals surface area contributed by atoms with Crippen molar-refractivity contribution in [2.75, 3.05) is 0 Å². The highest BCUT2D eigenvalue weighted by Gasteiger charge is 2.15. The highest BCUT2D eigenvalue weighted by molar-refractivity contribution is 5.99. The van der Waals surface area contributed by atoms with Gasteiger partial charge in [0.25, 0.3) is 5.91 Å². The summed E-state index contributed by atoms with van der Waals surface area (Å²) in [5.41, 5.74) is 4.87. The van der Waals surface area contributed by atoms with Crippen LogP contribution >= 0.6 is 0 Å². The average Bonchev–Trinajstić information content (AvgIpc) is 3.16. The molecule has 2 heterocycles. The number of benzene rings is 2. The van der Waals surface area contributed by atoms with Crippen LogP contribution in [0.5, 0.6) is 5.75 Å². The van der Waals surface area contributed by atoms with Crippen LogP contribution in [-0.4, -0.2) is 20.5 Å². The number of aryl methyl sites for hydroxylation is 2. The van der Waals surface area contributed by atoms with Gasteiger partial charge in [-0.1, -0.05) is 42.5 Å². The number of hydrogen-bond donors (Lipinski definition) is 1. The van der Waals surface area contributed by atoms with Crippen LogP contribution in [0.15, 0.2) is 66.9 Å². The van der Waals surface area contributed by atoms with Gasteiger partial charge in [0.1, 0.15) is 17.9 Å². The van der Waals surface area contributed by atoms with Crippen molar-refractivity contribution in [3.63, 3.8) is 0 Å². The lowest BCUT2D eigenvalue weighted by Crippen LogP contribution is -2.23. The Hall–Kier alpha value is -3.67. The topological polar surface area (TPSA) is 68.5 Å². The molecule has 0 bridgehead atoms. The molecular weight excluding hydrogens is 364 g/mol. The molecule has 0 unspecified atom stereocenters. The average molecular weight is 386 g/mol. The van der Waals surface area contributed by atoms with Crippen LogP contribution in [0.25, 0.3) is 5.65 Å². The Labute approximate surface area is 169 Å². The second-order valence-electron chi connectivity index (χ2n) is 6.89. The molecule has 0 aliphatic carbocycles. The third kappa shape index (κ3) is 4.11. The van der Waals surface area contributed by atoms with Gasteiger partial charge >= 0.3 is 0 Å². The largest absolute Gasteiger partial charge is 0.489 e. The minimum atomic E-state index is -0.198. The first-order valence-electron chi connectivity index (χ1n) is 9.46. The Kier molecular flexibility index (Phi) is 5.24. The van der Waals surface area contributed by atoms with Crippen molar-refractivity contribution < 1.29 is 9.53 Å². The zero-order valence-electron chi connectivity index (χ0n) is 16.4. The molecule has 0 atom stereocenters. The first kappa shape index (κ1) is 18.7. The van der Waals surface area contributed by atoms with Gasteiger partial charge in [0.15, 0.2) is 5.65 Å². The van der Waals surface area contributed by atoms with Crippen molar-refractivity contribution in [2.24, 2.45) is 0 Å². The van der Waals surface area contributed by atoms with E-state index in [1.165, 1.54) is 0 Å². The number of nitrogens with zero attached hydrogens (tertiary/aromatic N) is 3. The molecule has 29 heavy (non-hydrogen) atoms. The third-order valence-electron chi connectivity index (χ3n) is 4.72. The smallest absolute Gasteiger partial charge is 0.257 e. The maximum Gasteiger partial charge on any atom is 0.257 e. The van der Waals surface area contributed by atoms with E-state index in [-0.39, 0.29) is 5.91 Å². The molecule has 4 rings (SSSR count). The van der Waals surface area contributed by atoms with Crippen LogP contribution < -0.4 is 10.1 Å². The second-order valence-corrected chi connectivity index (χ2v) is 6.89. The predicted molar refractivity (Wildman–Crippen MR) is 111 cm³/mol. The summed E-state index contributed by atoms with van der Waals surface area (Å²) in [6.07, 6.45) is 1.56.